The highest BCUT2D eigenvalue weighted by Crippen LogP contribution is 2.40. The number of hydrogen-bond acceptors (Lipinski definition) is 5. The number of non-ortho nitro benzene ring substituents is 1. The summed E-state index contributed by atoms with van der Waals surface area (Å²) < 4.78 is 11.2. The first-order valence-electron chi connectivity index (χ1n) is 7.96. The Kier molecular flexibility index (Phi) is 4.66. The molecule has 0 aliphatic carbocycles. The summed E-state index contributed by atoms with van der Waals surface area (Å²) in [4.78, 5) is 10.7. The van der Waals surface area contributed by atoms with Crippen molar-refractivity contribution in [2.45, 2.75) is 19.4 Å². The molecule has 0 saturated heterocycles. The molecule has 3 rings (SSSR count). The fraction of sp³-hybridized carbons (Fsp3) is 0.333. The Labute approximate surface area is 140 Å². The minimum atomic E-state index is -0.368. The van der Waals surface area contributed by atoms with Crippen molar-refractivity contribution in [1.29, 1.82) is 0 Å². The molecule has 126 valence electrons. The van der Waals surface area contributed by atoms with Crippen LogP contribution in [0.3, 0.4) is 0 Å². The van der Waals surface area contributed by atoms with E-state index in [2.05, 4.69) is 5.32 Å². The number of rotatable bonds is 5. The van der Waals surface area contributed by atoms with Crippen LogP contribution in [0.4, 0.5) is 5.69 Å². The molecule has 1 unspecified atom stereocenters. The Morgan fingerprint density at radius 2 is 2.17 bits per heavy atom. The van der Waals surface area contributed by atoms with Crippen LogP contribution in [-0.4, -0.2) is 25.2 Å². The second-order valence-electron chi connectivity index (χ2n) is 5.59. The van der Waals surface area contributed by atoms with Gasteiger partial charge in [-0.25, -0.2) is 0 Å². The van der Waals surface area contributed by atoms with Crippen molar-refractivity contribution < 1.29 is 14.4 Å². The number of nitro groups is 1. The molecule has 1 aliphatic heterocycles. The normalized spacial score (nSPS) is 16.3. The van der Waals surface area contributed by atoms with Gasteiger partial charge in [0, 0.05) is 24.2 Å². The van der Waals surface area contributed by atoms with Crippen LogP contribution in [0.1, 0.15) is 29.7 Å². The number of hydrogen-bond donors (Lipinski definition) is 1. The van der Waals surface area contributed by atoms with E-state index < -0.39 is 0 Å². The van der Waals surface area contributed by atoms with Crippen molar-refractivity contribution in [3.8, 4) is 11.5 Å². The van der Waals surface area contributed by atoms with Gasteiger partial charge in [0.05, 0.1) is 24.7 Å². The standard InChI is InChI=1S/C18H20N2O4/c1-3-24-18-15-9-10-19-17(14(15)7-8-16(18)23-2)12-5-4-6-13(11-12)20(21)22/h4-8,11,17,19H,3,9-10H2,1-2H3. The maximum absolute atomic E-state index is 11.1. The van der Waals surface area contributed by atoms with Crippen molar-refractivity contribution in [3.05, 3.63) is 63.2 Å². The van der Waals surface area contributed by atoms with Crippen LogP contribution in [0.5, 0.6) is 11.5 Å². The first-order valence-corrected chi connectivity index (χ1v) is 7.96. The molecule has 0 fully saturated rings. The lowest BCUT2D eigenvalue weighted by atomic mass is 9.89. The molecule has 0 bridgehead atoms. The molecule has 1 atom stereocenters. The second-order valence-corrected chi connectivity index (χ2v) is 5.59. The highest BCUT2D eigenvalue weighted by atomic mass is 16.6. The van der Waals surface area contributed by atoms with Gasteiger partial charge in [0.1, 0.15) is 0 Å². The predicted molar refractivity (Wildman–Crippen MR) is 90.8 cm³/mol. The maximum atomic E-state index is 11.1. The van der Waals surface area contributed by atoms with E-state index in [9.17, 15) is 10.1 Å². The molecular weight excluding hydrogens is 308 g/mol. The Morgan fingerprint density at radius 3 is 2.88 bits per heavy atom. The topological polar surface area (TPSA) is 73.6 Å². The molecule has 24 heavy (non-hydrogen) atoms. The largest absolute Gasteiger partial charge is 0.493 e. The molecule has 2 aromatic rings. The van der Waals surface area contributed by atoms with Gasteiger partial charge >= 0.3 is 0 Å². The van der Waals surface area contributed by atoms with E-state index in [0.717, 1.165) is 41.2 Å². The summed E-state index contributed by atoms with van der Waals surface area (Å²) in [6.45, 7) is 3.27. The number of nitrogens with zero attached hydrogens (tertiary/aromatic N) is 1. The molecule has 1 heterocycles. The summed E-state index contributed by atoms with van der Waals surface area (Å²) in [6, 6.07) is 10.6. The van der Waals surface area contributed by atoms with Crippen LogP contribution < -0.4 is 14.8 Å². The highest BCUT2D eigenvalue weighted by molar-refractivity contribution is 5.55. The number of nitrogens with one attached hydrogen (secondary N) is 1. The van der Waals surface area contributed by atoms with Gasteiger partial charge in [-0.3, -0.25) is 10.1 Å². The van der Waals surface area contributed by atoms with Gasteiger partial charge < -0.3 is 14.8 Å². The molecule has 6 heteroatoms. The lowest BCUT2D eigenvalue weighted by molar-refractivity contribution is -0.384. The molecule has 0 aromatic heterocycles. The van der Waals surface area contributed by atoms with Crippen molar-refractivity contribution >= 4 is 5.69 Å². The number of ether oxygens (including phenoxy) is 2. The molecule has 0 saturated carbocycles. The minimum absolute atomic E-state index is 0.0972. The first kappa shape index (κ1) is 16.3. The monoisotopic (exact) mass is 328 g/mol. The van der Waals surface area contributed by atoms with E-state index in [1.807, 2.05) is 25.1 Å². The van der Waals surface area contributed by atoms with Gasteiger partial charge in [0.15, 0.2) is 11.5 Å². The fourth-order valence-electron chi connectivity index (χ4n) is 3.18. The lowest BCUT2D eigenvalue weighted by Crippen LogP contribution is -2.31. The Hall–Kier alpha value is -2.60. The third kappa shape index (κ3) is 2.92. The molecule has 6 nitrogen and oxygen atoms in total. The summed E-state index contributed by atoms with van der Waals surface area (Å²) in [7, 11) is 1.63. The summed E-state index contributed by atoms with van der Waals surface area (Å²) in [6.07, 6.45) is 0.827. The fourth-order valence-corrected chi connectivity index (χ4v) is 3.18. The predicted octanol–water partition coefficient (Wildman–Crippen LogP) is 3.24. The molecule has 0 radical (unpaired) electrons. The number of fused-ring (bicyclic) bond motifs is 1. The Bertz CT molecular complexity index is 761. The molecule has 0 spiro atoms. The van der Waals surface area contributed by atoms with E-state index in [1.165, 1.54) is 6.07 Å². The third-order valence-corrected chi connectivity index (χ3v) is 4.22. The maximum Gasteiger partial charge on any atom is 0.269 e. The van der Waals surface area contributed by atoms with E-state index in [4.69, 9.17) is 9.47 Å². The Balaban J connectivity index is 2.08. The number of methoxy groups -OCH3 is 1. The molecule has 0 amide bonds. The summed E-state index contributed by atoms with van der Waals surface area (Å²) in [5, 5.41) is 14.5. The number of benzene rings is 2. The van der Waals surface area contributed by atoms with Crippen LogP contribution in [0.25, 0.3) is 0 Å². The van der Waals surface area contributed by atoms with E-state index in [0.29, 0.717) is 6.61 Å². The van der Waals surface area contributed by atoms with Crippen LogP contribution in [0.15, 0.2) is 36.4 Å². The van der Waals surface area contributed by atoms with Gasteiger partial charge in [0.25, 0.3) is 5.69 Å². The van der Waals surface area contributed by atoms with Gasteiger partial charge in [-0.05, 0) is 30.5 Å². The van der Waals surface area contributed by atoms with Gasteiger partial charge in [-0.1, -0.05) is 18.2 Å². The zero-order chi connectivity index (χ0) is 17.1. The molecule has 1 aliphatic rings. The van der Waals surface area contributed by atoms with Gasteiger partial charge in [0.2, 0.25) is 0 Å². The second kappa shape index (κ2) is 6.88. The third-order valence-electron chi connectivity index (χ3n) is 4.22. The van der Waals surface area contributed by atoms with Crippen LogP contribution in [0, 0.1) is 10.1 Å². The summed E-state index contributed by atoms with van der Waals surface area (Å²) in [5.41, 5.74) is 3.15. The Morgan fingerprint density at radius 1 is 1.33 bits per heavy atom. The van der Waals surface area contributed by atoms with Gasteiger partial charge in [-0.15, -0.1) is 0 Å². The average Bonchev–Trinajstić information content (AvgIpc) is 2.61. The van der Waals surface area contributed by atoms with Crippen molar-refractivity contribution in [2.75, 3.05) is 20.3 Å². The van der Waals surface area contributed by atoms with Crippen molar-refractivity contribution in [2.24, 2.45) is 0 Å². The van der Waals surface area contributed by atoms with Crippen molar-refractivity contribution in [3.63, 3.8) is 0 Å². The van der Waals surface area contributed by atoms with E-state index in [-0.39, 0.29) is 16.7 Å². The van der Waals surface area contributed by atoms with E-state index in [1.54, 1.807) is 19.2 Å². The lowest BCUT2D eigenvalue weighted by Gasteiger charge is -2.29. The van der Waals surface area contributed by atoms with Crippen LogP contribution in [-0.2, 0) is 6.42 Å². The zero-order valence-corrected chi connectivity index (χ0v) is 13.7. The summed E-state index contributed by atoms with van der Waals surface area (Å²) in [5.74, 6) is 1.49. The molecule has 2 aromatic carbocycles. The molecule has 1 N–H and O–H groups in total. The zero-order valence-electron chi connectivity index (χ0n) is 13.7. The van der Waals surface area contributed by atoms with Crippen LogP contribution >= 0.6 is 0 Å². The quantitative estimate of drug-likeness (QED) is 0.674. The van der Waals surface area contributed by atoms with Crippen LogP contribution in [0.2, 0.25) is 0 Å². The first-order chi connectivity index (χ1) is 11.7. The van der Waals surface area contributed by atoms with Gasteiger partial charge in [-0.2, -0.15) is 0 Å². The van der Waals surface area contributed by atoms with Crippen molar-refractivity contribution in [1.82, 2.24) is 5.32 Å². The minimum Gasteiger partial charge on any atom is -0.493 e. The average molecular weight is 328 g/mol. The smallest absolute Gasteiger partial charge is 0.269 e. The number of nitro benzene ring substituents is 1. The summed E-state index contributed by atoms with van der Waals surface area (Å²) >= 11 is 0. The highest BCUT2D eigenvalue weighted by Gasteiger charge is 2.26. The van der Waals surface area contributed by atoms with E-state index >= 15 is 0 Å². The molecular formula is C18H20N2O4. The SMILES string of the molecule is CCOc1c(OC)ccc2c1CCNC2c1cccc([N+](=O)[O-])c1.